The largest absolute Gasteiger partial charge is 0.707 e. The van der Waals surface area contributed by atoms with E-state index in [2.05, 4.69) is 11.2 Å². The van der Waals surface area contributed by atoms with E-state index in [1.54, 1.807) is 24.3 Å². The molecule has 0 spiro atoms. The summed E-state index contributed by atoms with van der Waals surface area (Å²) in [6.45, 7) is 5.68. The van der Waals surface area contributed by atoms with Crippen molar-refractivity contribution < 1.29 is 14.7 Å². The summed E-state index contributed by atoms with van der Waals surface area (Å²) in [7, 11) is -1.77. The van der Waals surface area contributed by atoms with Crippen LogP contribution in [0.5, 0.6) is 5.75 Å². The number of rotatable bonds is 3. The van der Waals surface area contributed by atoms with Gasteiger partial charge in [-0.2, -0.15) is 0 Å². The first-order chi connectivity index (χ1) is 6.09. The number of hydrogen-bond acceptors (Lipinski definition) is 3. The van der Waals surface area contributed by atoms with Gasteiger partial charge in [0.15, 0.2) is 0 Å². The normalized spacial score (nSPS) is 9.46. The maximum Gasteiger partial charge on any atom is 0.707 e. The fourth-order valence-electron chi connectivity index (χ4n) is 0.940. The molecule has 0 atom stereocenters. The molecule has 0 aliphatic rings. The molecule has 1 aromatic rings. The van der Waals surface area contributed by atoms with Gasteiger partial charge in [-0.05, 0) is 24.6 Å². The molecule has 3 nitrogen and oxygen atoms in total. The second kappa shape index (κ2) is 4.12. The molecule has 0 saturated carbocycles. The zero-order valence-corrected chi connectivity index (χ0v) is 7.40. The van der Waals surface area contributed by atoms with Gasteiger partial charge in [-0.3, -0.25) is 0 Å². The second-order valence-corrected chi connectivity index (χ2v) is 2.75. The molecular weight excluding hydrogens is 167 g/mol. The molecule has 0 radical (unpaired) electrons. The lowest BCUT2D eigenvalue weighted by Crippen LogP contribution is -2.20. The van der Waals surface area contributed by atoms with Gasteiger partial charge in [-0.1, -0.05) is 24.3 Å². The van der Waals surface area contributed by atoms with E-state index in [0.29, 0.717) is 5.75 Å². The molecule has 1 rings (SSSR count). The van der Waals surface area contributed by atoms with Crippen molar-refractivity contribution in [3.63, 3.8) is 0 Å². The van der Waals surface area contributed by atoms with Crippen LogP contribution in [-0.2, 0) is 0 Å². The zero-order chi connectivity index (χ0) is 9.84. The van der Waals surface area contributed by atoms with Gasteiger partial charge in [0.25, 0.3) is 0 Å². The third-order valence-electron chi connectivity index (χ3n) is 1.59. The van der Waals surface area contributed by atoms with E-state index >= 15 is 0 Å². The van der Waals surface area contributed by atoms with Crippen LogP contribution in [0.3, 0.4) is 0 Å². The van der Waals surface area contributed by atoms with Gasteiger partial charge in [0.05, 0.1) is 0 Å². The first-order valence-electron chi connectivity index (χ1n) is 3.88. The van der Waals surface area contributed by atoms with Gasteiger partial charge in [-0.15, -0.1) is 0 Å². The van der Waals surface area contributed by atoms with Gasteiger partial charge < -0.3 is 14.7 Å². The fourth-order valence-corrected chi connectivity index (χ4v) is 0.940. The summed E-state index contributed by atoms with van der Waals surface area (Å²) in [5.41, 5.74) is 1.95. The van der Waals surface area contributed by atoms with Gasteiger partial charge in [0.2, 0.25) is 0 Å². The summed E-state index contributed by atoms with van der Waals surface area (Å²) in [5.74, 6) is 0.417. The van der Waals surface area contributed by atoms with Crippen LogP contribution in [0.15, 0.2) is 30.8 Å². The average molecular weight is 178 g/mol. The smallest absolute Gasteiger partial charge is 0.512 e. The lowest BCUT2D eigenvalue weighted by atomic mass is 10.1. The molecule has 0 unspecified atom stereocenters. The van der Waals surface area contributed by atoms with E-state index in [-0.39, 0.29) is 0 Å². The van der Waals surface area contributed by atoms with Gasteiger partial charge in [-0.25, -0.2) is 0 Å². The van der Waals surface area contributed by atoms with E-state index in [9.17, 15) is 0 Å². The van der Waals surface area contributed by atoms with Crippen LogP contribution in [0.2, 0.25) is 0 Å². The lowest BCUT2D eigenvalue weighted by molar-refractivity contribution is 0.288. The van der Waals surface area contributed by atoms with Crippen molar-refractivity contribution in [1.82, 2.24) is 0 Å². The van der Waals surface area contributed by atoms with E-state index in [1.165, 1.54) is 0 Å². The van der Waals surface area contributed by atoms with Crippen LogP contribution in [0.4, 0.5) is 0 Å². The van der Waals surface area contributed by atoms with E-state index in [0.717, 1.165) is 11.1 Å². The highest BCUT2D eigenvalue weighted by atomic mass is 16.6. The maximum absolute atomic E-state index is 8.50. The maximum atomic E-state index is 8.50. The number of allylic oxidation sites excluding steroid dienone is 1. The van der Waals surface area contributed by atoms with Crippen LogP contribution < -0.4 is 4.65 Å². The summed E-state index contributed by atoms with van der Waals surface area (Å²) >= 11 is 0. The Labute approximate surface area is 77.5 Å². The Morgan fingerprint density at radius 3 is 2.23 bits per heavy atom. The molecule has 0 bridgehead atoms. The quantitative estimate of drug-likeness (QED) is 0.680. The van der Waals surface area contributed by atoms with Crippen molar-refractivity contribution in [3.05, 3.63) is 36.4 Å². The van der Waals surface area contributed by atoms with Crippen LogP contribution in [0.1, 0.15) is 12.5 Å². The topological polar surface area (TPSA) is 49.7 Å². The van der Waals surface area contributed by atoms with Crippen LogP contribution in [0, 0.1) is 0 Å². The molecule has 13 heavy (non-hydrogen) atoms. The predicted octanol–water partition coefficient (Wildman–Crippen LogP) is 1.07. The molecule has 4 heteroatoms. The van der Waals surface area contributed by atoms with Gasteiger partial charge in [0, 0.05) is 0 Å². The SMILES string of the molecule is C=C(C)c1ccc(OB(O)O)cc1. The first-order valence-corrected chi connectivity index (χ1v) is 3.88. The third kappa shape index (κ3) is 2.93. The monoisotopic (exact) mass is 178 g/mol. The standard InChI is InChI=1S/C9H11BO3/c1-7(2)8-3-5-9(6-4-8)13-10(11)12/h3-6,11-12H,1H2,2H3. The third-order valence-corrected chi connectivity index (χ3v) is 1.59. The Morgan fingerprint density at radius 1 is 1.31 bits per heavy atom. The average Bonchev–Trinajstić information content (AvgIpc) is 2.04. The van der Waals surface area contributed by atoms with Crippen molar-refractivity contribution in [2.24, 2.45) is 0 Å². The Morgan fingerprint density at radius 2 is 1.85 bits per heavy atom. The van der Waals surface area contributed by atoms with E-state index in [4.69, 9.17) is 10.0 Å². The van der Waals surface area contributed by atoms with Crippen molar-refractivity contribution in [1.29, 1.82) is 0 Å². The minimum Gasteiger partial charge on any atom is -0.512 e. The zero-order valence-electron chi connectivity index (χ0n) is 7.40. The lowest BCUT2D eigenvalue weighted by Gasteiger charge is -2.05. The molecule has 0 aliphatic heterocycles. The minimum absolute atomic E-state index is 0.417. The molecule has 0 heterocycles. The summed E-state index contributed by atoms with van der Waals surface area (Å²) < 4.78 is 4.63. The van der Waals surface area contributed by atoms with Crippen LogP contribution in [0.25, 0.3) is 5.57 Å². The van der Waals surface area contributed by atoms with Crippen LogP contribution in [-0.4, -0.2) is 17.4 Å². The van der Waals surface area contributed by atoms with Gasteiger partial charge >= 0.3 is 7.32 Å². The van der Waals surface area contributed by atoms with Crippen molar-refractivity contribution in [2.45, 2.75) is 6.92 Å². The molecule has 0 aromatic heterocycles. The highest BCUT2D eigenvalue weighted by Crippen LogP contribution is 2.16. The Bertz CT molecular complexity index is 292. The Hall–Kier alpha value is -1.26. The molecule has 1 aromatic carbocycles. The first kappa shape index (κ1) is 9.83. The fraction of sp³-hybridized carbons (Fsp3) is 0.111. The predicted molar refractivity (Wildman–Crippen MR) is 52.0 cm³/mol. The van der Waals surface area contributed by atoms with Crippen molar-refractivity contribution in [2.75, 3.05) is 0 Å². The summed E-state index contributed by atoms with van der Waals surface area (Å²) in [4.78, 5) is 0. The molecule has 68 valence electrons. The van der Waals surface area contributed by atoms with E-state index in [1.807, 2.05) is 6.92 Å². The van der Waals surface area contributed by atoms with E-state index < -0.39 is 7.32 Å². The number of hydrogen-bond donors (Lipinski definition) is 2. The number of benzene rings is 1. The molecule has 2 N–H and O–H groups in total. The summed E-state index contributed by atoms with van der Waals surface area (Å²) in [5, 5.41) is 17.0. The van der Waals surface area contributed by atoms with Crippen LogP contribution >= 0.6 is 0 Å². The highest BCUT2D eigenvalue weighted by Gasteiger charge is 2.10. The Kier molecular flexibility index (Phi) is 3.11. The molecular formula is C9H11BO3. The summed E-state index contributed by atoms with van der Waals surface area (Å²) in [6.07, 6.45) is 0. The van der Waals surface area contributed by atoms with Crippen molar-refractivity contribution in [3.8, 4) is 5.75 Å². The summed E-state index contributed by atoms with van der Waals surface area (Å²) in [6, 6.07) is 6.92. The Balaban J connectivity index is 2.75. The molecule has 0 amide bonds. The molecule has 0 saturated heterocycles. The molecule has 0 fully saturated rings. The van der Waals surface area contributed by atoms with Gasteiger partial charge in [0.1, 0.15) is 5.75 Å². The highest BCUT2D eigenvalue weighted by molar-refractivity contribution is 6.33. The van der Waals surface area contributed by atoms with Crippen molar-refractivity contribution >= 4 is 12.9 Å². The minimum atomic E-state index is -1.77. The second-order valence-electron chi connectivity index (χ2n) is 2.75. The molecule has 0 aliphatic carbocycles.